The third kappa shape index (κ3) is 3.15. The fourth-order valence-electron chi connectivity index (χ4n) is 2.11. The van der Waals surface area contributed by atoms with Crippen LogP contribution < -0.4 is 0 Å². The van der Waals surface area contributed by atoms with Crippen LogP contribution in [-0.4, -0.2) is 28.1 Å². The molecule has 0 aliphatic heterocycles. The maximum Gasteiger partial charge on any atom is 0.330 e. The van der Waals surface area contributed by atoms with E-state index >= 15 is 0 Å². The number of nitrogens with zero attached hydrogens (tertiary/aromatic N) is 3. The Labute approximate surface area is 100 Å². The second-order valence-electron chi connectivity index (χ2n) is 4.27. The van der Waals surface area contributed by atoms with Crippen molar-refractivity contribution in [2.45, 2.75) is 38.1 Å². The molecular formula is C12H17N3O2. The molecule has 0 bridgehead atoms. The molecule has 92 valence electrons. The van der Waals surface area contributed by atoms with E-state index in [1.807, 2.05) is 10.9 Å². The second-order valence-corrected chi connectivity index (χ2v) is 4.27. The molecule has 5 heteroatoms. The minimum atomic E-state index is -0.378. The molecule has 0 aromatic carbocycles. The molecular weight excluding hydrogens is 218 g/mol. The van der Waals surface area contributed by atoms with Crippen LogP contribution in [0.2, 0.25) is 0 Å². The maximum absolute atomic E-state index is 10.9. The average Bonchev–Trinajstić information content (AvgIpc) is 2.86. The van der Waals surface area contributed by atoms with Gasteiger partial charge >= 0.3 is 5.97 Å². The first-order chi connectivity index (χ1) is 8.29. The zero-order chi connectivity index (χ0) is 12.1. The third-order valence-electron chi connectivity index (χ3n) is 3.07. The van der Waals surface area contributed by atoms with E-state index in [-0.39, 0.29) is 5.97 Å². The topological polar surface area (TPSA) is 57.0 Å². The molecule has 1 fully saturated rings. The summed E-state index contributed by atoms with van der Waals surface area (Å²) in [6, 6.07) is 0.469. The first-order valence-corrected chi connectivity index (χ1v) is 5.97. The fourth-order valence-corrected chi connectivity index (χ4v) is 2.11. The maximum atomic E-state index is 10.9. The van der Waals surface area contributed by atoms with Crippen LogP contribution in [0.3, 0.4) is 0 Å². The zero-order valence-corrected chi connectivity index (χ0v) is 10.0. The quantitative estimate of drug-likeness (QED) is 0.593. The van der Waals surface area contributed by atoms with Crippen molar-refractivity contribution >= 4 is 12.0 Å². The minimum Gasteiger partial charge on any atom is -0.466 e. The van der Waals surface area contributed by atoms with Gasteiger partial charge in [0.2, 0.25) is 0 Å². The van der Waals surface area contributed by atoms with Crippen molar-refractivity contribution in [3.05, 3.63) is 18.0 Å². The number of hydrogen-bond acceptors (Lipinski definition) is 4. The molecule has 1 heterocycles. The summed E-state index contributed by atoms with van der Waals surface area (Å²) in [6.07, 6.45) is 11.0. The van der Waals surface area contributed by atoms with Crippen LogP contribution in [0.1, 0.15) is 43.8 Å². The zero-order valence-electron chi connectivity index (χ0n) is 10.0. The number of carbonyl (C=O) groups is 1. The van der Waals surface area contributed by atoms with Crippen molar-refractivity contribution in [3.8, 4) is 0 Å². The van der Waals surface area contributed by atoms with Crippen molar-refractivity contribution in [2.75, 3.05) is 7.11 Å². The fraction of sp³-hybridized carbons (Fsp3) is 0.583. The Bertz CT molecular complexity index is 406. The van der Waals surface area contributed by atoms with E-state index in [1.165, 1.54) is 45.3 Å². The third-order valence-corrected chi connectivity index (χ3v) is 3.07. The lowest BCUT2D eigenvalue weighted by atomic mass is 9.96. The highest BCUT2D eigenvalue weighted by molar-refractivity contribution is 5.86. The van der Waals surface area contributed by atoms with Crippen LogP contribution in [0.5, 0.6) is 0 Å². The number of methoxy groups -OCH3 is 1. The molecule has 1 aromatic rings. The van der Waals surface area contributed by atoms with Gasteiger partial charge in [-0.2, -0.15) is 0 Å². The number of rotatable bonds is 3. The molecule has 0 radical (unpaired) electrons. The molecule has 5 nitrogen and oxygen atoms in total. The summed E-state index contributed by atoms with van der Waals surface area (Å²) >= 11 is 0. The van der Waals surface area contributed by atoms with Crippen molar-refractivity contribution in [2.24, 2.45) is 0 Å². The summed E-state index contributed by atoms with van der Waals surface area (Å²) in [7, 11) is 1.35. The van der Waals surface area contributed by atoms with Gasteiger partial charge in [-0.25, -0.2) is 9.48 Å². The molecule has 17 heavy (non-hydrogen) atoms. The van der Waals surface area contributed by atoms with Gasteiger partial charge in [0.05, 0.1) is 19.3 Å². The first-order valence-electron chi connectivity index (χ1n) is 5.97. The van der Waals surface area contributed by atoms with Crippen molar-refractivity contribution in [1.82, 2.24) is 15.0 Å². The van der Waals surface area contributed by atoms with Gasteiger partial charge in [0.15, 0.2) is 0 Å². The van der Waals surface area contributed by atoms with E-state index in [0.717, 1.165) is 0 Å². The Kier molecular flexibility index (Phi) is 3.90. The second kappa shape index (κ2) is 5.61. The summed E-state index contributed by atoms with van der Waals surface area (Å²) < 4.78 is 6.43. The van der Waals surface area contributed by atoms with Gasteiger partial charge in [0.1, 0.15) is 5.69 Å². The predicted molar refractivity (Wildman–Crippen MR) is 63.2 cm³/mol. The van der Waals surface area contributed by atoms with Gasteiger partial charge in [-0.15, -0.1) is 5.10 Å². The van der Waals surface area contributed by atoms with E-state index in [4.69, 9.17) is 0 Å². The van der Waals surface area contributed by atoms with Crippen LogP contribution in [0.15, 0.2) is 12.3 Å². The molecule has 0 spiro atoms. The Morgan fingerprint density at radius 3 is 2.94 bits per heavy atom. The van der Waals surface area contributed by atoms with Crippen LogP contribution in [0, 0.1) is 0 Å². The lowest BCUT2D eigenvalue weighted by Gasteiger charge is -2.20. The molecule has 0 saturated heterocycles. The Morgan fingerprint density at radius 2 is 2.24 bits per heavy atom. The average molecular weight is 235 g/mol. The minimum absolute atomic E-state index is 0.378. The molecule has 0 atom stereocenters. The number of hydrogen-bond donors (Lipinski definition) is 0. The largest absolute Gasteiger partial charge is 0.466 e. The predicted octanol–water partition coefficient (Wildman–Crippen LogP) is 1.97. The summed E-state index contributed by atoms with van der Waals surface area (Å²) in [4.78, 5) is 10.9. The summed E-state index contributed by atoms with van der Waals surface area (Å²) in [5.41, 5.74) is 0.695. The number of aromatic nitrogens is 3. The molecule has 1 aromatic heterocycles. The van der Waals surface area contributed by atoms with Crippen LogP contribution in [0.25, 0.3) is 6.08 Å². The monoisotopic (exact) mass is 235 g/mol. The van der Waals surface area contributed by atoms with Gasteiger partial charge in [-0.05, 0) is 18.9 Å². The summed E-state index contributed by atoms with van der Waals surface area (Å²) in [5.74, 6) is -0.378. The summed E-state index contributed by atoms with van der Waals surface area (Å²) in [6.45, 7) is 0. The SMILES string of the molecule is COC(=O)/C=C\c1cn(C2CCCCC2)nn1. The molecule has 0 amide bonds. The number of ether oxygens (including phenoxy) is 1. The number of carbonyl (C=O) groups excluding carboxylic acids is 1. The molecule has 1 aliphatic rings. The molecule has 0 unspecified atom stereocenters. The van der Waals surface area contributed by atoms with Crippen molar-refractivity contribution < 1.29 is 9.53 Å². The van der Waals surface area contributed by atoms with Gasteiger partial charge in [-0.3, -0.25) is 0 Å². The molecule has 1 aliphatic carbocycles. The van der Waals surface area contributed by atoms with Gasteiger partial charge < -0.3 is 4.74 Å². The van der Waals surface area contributed by atoms with Crippen LogP contribution in [-0.2, 0) is 9.53 Å². The van der Waals surface area contributed by atoms with E-state index in [9.17, 15) is 4.79 Å². The lowest BCUT2D eigenvalue weighted by molar-refractivity contribution is -0.134. The standard InChI is InChI=1S/C12H17N3O2/c1-17-12(16)8-7-10-9-15(14-13-10)11-5-3-2-4-6-11/h7-9,11H,2-6H2,1H3/b8-7-. The highest BCUT2D eigenvalue weighted by Gasteiger charge is 2.16. The van der Waals surface area contributed by atoms with E-state index in [2.05, 4.69) is 15.0 Å². The Balaban J connectivity index is 2.00. The van der Waals surface area contributed by atoms with Crippen LogP contribution in [0.4, 0.5) is 0 Å². The van der Waals surface area contributed by atoms with Gasteiger partial charge in [0, 0.05) is 6.08 Å². The summed E-state index contributed by atoms with van der Waals surface area (Å²) in [5, 5.41) is 8.12. The molecule has 1 saturated carbocycles. The van der Waals surface area contributed by atoms with E-state index < -0.39 is 0 Å². The van der Waals surface area contributed by atoms with Crippen molar-refractivity contribution in [3.63, 3.8) is 0 Å². The van der Waals surface area contributed by atoms with E-state index in [0.29, 0.717) is 11.7 Å². The molecule has 0 N–H and O–H groups in total. The van der Waals surface area contributed by atoms with Gasteiger partial charge in [-0.1, -0.05) is 24.5 Å². The van der Waals surface area contributed by atoms with Gasteiger partial charge in [0.25, 0.3) is 0 Å². The lowest BCUT2D eigenvalue weighted by Crippen LogP contribution is -2.13. The van der Waals surface area contributed by atoms with E-state index in [1.54, 1.807) is 6.08 Å². The Morgan fingerprint density at radius 1 is 1.47 bits per heavy atom. The number of esters is 1. The highest BCUT2D eigenvalue weighted by atomic mass is 16.5. The Hall–Kier alpha value is -1.65. The van der Waals surface area contributed by atoms with Crippen LogP contribution >= 0.6 is 0 Å². The smallest absolute Gasteiger partial charge is 0.330 e. The first kappa shape index (κ1) is 11.8. The van der Waals surface area contributed by atoms with Crippen molar-refractivity contribution in [1.29, 1.82) is 0 Å². The normalized spacial score (nSPS) is 17.5. The highest BCUT2D eigenvalue weighted by Crippen LogP contribution is 2.27. The molecule has 2 rings (SSSR count).